The summed E-state index contributed by atoms with van der Waals surface area (Å²) in [6.07, 6.45) is 6.01. The lowest BCUT2D eigenvalue weighted by Gasteiger charge is -2.40. The van der Waals surface area contributed by atoms with Gasteiger partial charge in [-0.3, -0.25) is 0 Å². The predicted octanol–water partition coefficient (Wildman–Crippen LogP) is 7.54. The summed E-state index contributed by atoms with van der Waals surface area (Å²) in [6.45, 7) is 9.86. The van der Waals surface area contributed by atoms with E-state index in [1.807, 2.05) is 12.1 Å². The van der Waals surface area contributed by atoms with Crippen molar-refractivity contribution in [3.8, 4) is 0 Å². The Morgan fingerprint density at radius 2 is 1.50 bits per heavy atom. The highest BCUT2D eigenvalue weighted by Crippen LogP contribution is 2.53. The lowest BCUT2D eigenvalue weighted by Crippen LogP contribution is -2.44. The molecule has 6 rings (SSSR count). The Kier molecular flexibility index (Phi) is 7.14. The van der Waals surface area contributed by atoms with Crippen LogP contribution in [0.2, 0.25) is 0 Å². The number of nitrogens with one attached hydrogen (secondary N) is 1. The van der Waals surface area contributed by atoms with E-state index in [-0.39, 0.29) is 10.8 Å². The molecule has 1 atom stereocenters. The number of fused-ring (bicyclic) bond motifs is 1. The number of hydrogen-bond donors (Lipinski definition) is 2. The van der Waals surface area contributed by atoms with Crippen LogP contribution in [-0.2, 0) is 18.4 Å². The molecule has 186 valence electrons. The molecule has 0 radical (unpaired) electrons. The molecule has 3 aliphatic rings. The third-order valence-electron chi connectivity index (χ3n) is 7.70. The van der Waals surface area contributed by atoms with Crippen LogP contribution in [0.1, 0.15) is 50.3 Å². The Hall–Kier alpha value is -2.75. The number of piperidine rings is 1. The van der Waals surface area contributed by atoms with Gasteiger partial charge in [0, 0.05) is 35.5 Å². The first-order valence-electron chi connectivity index (χ1n) is 13.1. The van der Waals surface area contributed by atoms with E-state index in [2.05, 4.69) is 122 Å². The molecular weight excluding hydrogens is 456 g/mol. The van der Waals surface area contributed by atoms with E-state index < -0.39 is 0 Å². The van der Waals surface area contributed by atoms with Crippen LogP contribution in [0.25, 0.3) is 0 Å². The average Bonchev–Trinajstić information content (AvgIpc) is 3.53. The van der Waals surface area contributed by atoms with Crippen molar-refractivity contribution in [2.75, 3.05) is 13.1 Å². The van der Waals surface area contributed by atoms with E-state index in [4.69, 9.17) is 0 Å². The fourth-order valence-electron chi connectivity index (χ4n) is 5.55. The fourth-order valence-corrected chi connectivity index (χ4v) is 5.70. The Morgan fingerprint density at radius 1 is 0.861 bits per heavy atom. The fraction of sp³-hybridized carbons (Fsp3) is 0.333. The second-order valence-electron chi connectivity index (χ2n) is 11.4. The zero-order chi connectivity index (χ0) is 25.2. The molecule has 1 N–H and O–H groups in total. The molecule has 0 aromatic heterocycles. The summed E-state index contributed by atoms with van der Waals surface area (Å²) in [4.78, 5) is 3.55. The van der Waals surface area contributed by atoms with Crippen molar-refractivity contribution in [3.05, 3.63) is 125 Å². The molecule has 1 saturated heterocycles. The monoisotopic (exact) mass is 494 g/mol. The van der Waals surface area contributed by atoms with E-state index in [1.165, 1.54) is 35.2 Å². The van der Waals surface area contributed by atoms with Crippen LogP contribution >= 0.6 is 12.6 Å². The number of nitrogens with zero attached hydrogens (tertiary/aromatic N) is 1. The van der Waals surface area contributed by atoms with Gasteiger partial charge in [-0.05, 0) is 59.7 Å². The van der Waals surface area contributed by atoms with Gasteiger partial charge in [-0.2, -0.15) is 0 Å². The molecule has 2 nitrogen and oxygen atoms in total. The summed E-state index contributed by atoms with van der Waals surface area (Å²) in [5, 5.41) is 3.67. The highest BCUT2D eigenvalue weighted by Gasteiger charge is 2.47. The molecule has 2 heterocycles. The molecule has 3 aromatic carbocycles. The Morgan fingerprint density at radius 3 is 2.14 bits per heavy atom. The summed E-state index contributed by atoms with van der Waals surface area (Å²) in [5.41, 5.74) is 9.44. The minimum Gasteiger partial charge on any atom is -0.337 e. The van der Waals surface area contributed by atoms with Crippen molar-refractivity contribution in [2.24, 2.45) is 5.41 Å². The van der Waals surface area contributed by atoms with Crippen LogP contribution < -0.4 is 5.32 Å². The van der Waals surface area contributed by atoms with Gasteiger partial charge in [0.1, 0.15) is 0 Å². The second kappa shape index (κ2) is 10.3. The van der Waals surface area contributed by atoms with Gasteiger partial charge in [0.15, 0.2) is 0 Å². The maximum atomic E-state index is 4.23. The molecule has 0 spiro atoms. The molecule has 1 aliphatic carbocycles. The highest BCUT2D eigenvalue weighted by molar-refractivity contribution is 7.80. The lowest BCUT2D eigenvalue weighted by molar-refractivity contribution is 0.281. The Bertz CT molecular complexity index is 1240. The molecule has 0 amide bonds. The van der Waals surface area contributed by atoms with Gasteiger partial charge in [-0.15, -0.1) is 12.6 Å². The first-order chi connectivity index (χ1) is 17.3. The molecule has 1 unspecified atom stereocenters. The van der Waals surface area contributed by atoms with Crippen molar-refractivity contribution in [1.29, 1.82) is 0 Å². The minimum absolute atomic E-state index is 0.251. The van der Waals surface area contributed by atoms with E-state index >= 15 is 0 Å². The highest BCUT2D eigenvalue weighted by atomic mass is 32.1. The van der Waals surface area contributed by atoms with Gasteiger partial charge in [0.05, 0.1) is 5.70 Å². The van der Waals surface area contributed by atoms with Gasteiger partial charge >= 0.3 is 0 Å². The lowest BCUT2D eigenvalue weighted by atomic mass is 9.68. The van der Waals surface area contributed by atoms with E-state index in [1.54, 1.807) is 11.3 Å². The Labute approximate surface area is 222 Å². The molecule has 1 fully saturated rings. The van der Waals surface area contributed by atoms with Gasteiger partial charge in [-0.25, -0.2) is 0 Å². The van der Waals surface area contributed by atoms with Crippen molar-refractivity contribution in [2.45, 2.75) is 56.9 Å². The number of benzene rings is 3. The predicted molar refractivity (Wildman–Crippen MR) is 154 cm³/mol. The quantitative estimate of drug-likeness (QED) is 0.364. The maximum absolute atomic E-state index is 4.23. The Balaban J connectivity index is 0.000000205. The summed E-state index contributed by atoms with van der Waals surface area (Å²) in [5.74, 6) is 0. The molecule has 0 saturated carbocycles. The van der Waals surface area contributed by atoms with E-state index in [0.29, 0.717) is 0 Å². The third kappa shape index (κ3) is 5.63. The van der Waals surface area contributed by atoms with Crippen LogP contribution in [0, 0.1) is 5.41 Å². The zero-order valence-electron chi connectivity index (χ0n) is 21.8. The minimum atomic E-state index is 0.251. The van der Waals surface area contributed by atoms with Gasteiger partial charge in [-0.1, -0.05) is 99.1 Å². The van der Waals surface area contributed by atoms with E-state index in [0.717, 1.165) is 31.0 Å². The van der Waals surface area contributed by atoms with Crippen LogP contribution in [0.15, 0.2) is 113 Å². The second-order valence-corrected chi connectivity index (χ2v) is 11.9. The van der Waals surface area contributed by atoms with Gasteiger partial charge in [0.2, 0.25) is 0 Å². The van der Waals surface area contributed by atoms with Crippen LogP contribution in [0.4, 0.5) is 0 Å². The van der Waals surface area contributed by atoms with Gasteiger partial charge in [0.25, 0.3) is 0 Å². The normalized spacial score (nSPS) is 20.6. The third-order valence-corrected chi connectivity index (χ3v) is 8.00. The molecule has 2 aliphatic heterocycles. The maximum Gasteiger partial charge on any atom is 0.0610 e. The summed E-state index contributed by atoms with van der Waals surface area (Å²) in [7, 11) is 0. The number of hydrogen-bond acceptors (Lipinski definition) is 3. The summed E-state index contributed by atoms with van der Waals surface area (Å²) < 4.78 is 0. The molecule has 36 heavy (non-hydrogen) atoms. The zero-order valence-corrected chi connectivity index (χ0v) is 22.7. The first-order valence-corrected chi connectivity index (χ1v) is 13.6. The molecule has 0 bridgehead atoms. The molecular formula is C33H38N2S. The van der Waals surface area contributed by atoms with Crippen molar-refractivity contribution in [3.63, 3.8) is 0 Å². The number of thiol groups is 1. The van der Waals surface area contributed by atoms with E-state index in [9.17, 15) is 0 Å². The standard InChI is InChI=1S/C23H24N2.C10H14S/c1-3-7-18(8-4-1)14-23-15-22-21(13-20(23)11-12-24-17-23)25(22)16-19-9-5-2-6-10-19;1-10(2,3)8-4-6-9(11)7-5-8/h1-10,13,24H,11-12,14-17H2;4-7,11H,1-3H3. The summed E-state index contributed by atoms with van der Waals surface area (Å²) in [6, 6.07) is 30.1. The first kappa shape index (κ1) is 24.9. The largest absolute Gasteiger partial charge is 0.337 e. The van der Waals surface area contributed by atoms with Crippen LogP contribution in [0.5, 0.6) is 0 Å². The smallest absolute Gasteiger partial charge is 0.0610 e. The van der Waals surface area contributed by atoms with Crippen molar-refractivity contribution < 1.29 is 0 Å². The SMILES string of the molecule is C1=C2CCNCC2(Cc2ccccc2)CC2=C1N2Cc1ccccc1.CC(C)(C)c1ccc(S)cc1. The van der Waals surface area contributed by atoms with Crippen LogP contribution in [0.3, 0.4) is 0 Å². The summed E-state index contributed by atoms with van der Waals surface area (Å²) >= 11 is 4.23. The number of allylic oxidation sites excluding steroid dienone is 2. The van der Waals surface area contributed by atoms with Gasteiger partial charge < -0.3 is 10.2 Å². The van der Waals surface area contributed by atoms with Crippen LogP contribution in [-0.4, -0.2) is 18.0 Å². The van der Waals surface area contributed by atoms with Crippen molar-refractivity contribution >= 4 is 12.6 Å². The average molecular weight is 495 g/mol. The van der Waals surface area contributed by atoms with Crippen molar-refractivity contribution in [1.82, 2.24) is 10.2 Å². The molecule has 3 aromatic rings. The topological polar surface area (TPSA) is 15.0 Å². The molecule has 3 heteroatoms. The number of rotatable bonds is 4.